The van der Waals surface area contributed by atoms with E-state index in [-0.39, 0.29) is 12.0 Å². The van der Waals surface area contributed by atoms with E-state index in [1.807, 2.05) is 17.0 Å². The zero-order valence-electron chi connectivity index (χ0n) is 18.4. The molecule has 0 radical (unpaired) electrons. The number of ether oxygens (including phenoxy) is 2. The first-order chi connectivity index (χ1) is 15.7. The van der Waals surface area contributed by atoms with Crippen LogP contribution in [-0.4, -0.2) is 49.9 Å². The minimum atomic E-state index is -0.370. The Morgan fingerprint density at radius 3 is 2.91 bits per heavy atom. The minimum absolute atomic E-state index is 0.0439. The summed E-state index contributed by atoms with van der Waals surface area (Å²) >= 11 is 0. The molecule has 0 saturated carbocycles. The Morgan fingerprint density at radius 2 is 2.09 bits per heavy atom. The Morgan fingerprint density at radius 1 is 1.16 bits per heavy atom. The number of carbonyl (C=O) groups is 1. The summed E-state index contributed by atoms with van der Waals surface area (Å²) in [6.45, 7) is 4.93. The van der Waals surface area contributed by atoms with Crippen LogP contribution in [0.25, 0.3) is 0 Å². The molecular weight excluding hydrogens is 404 g/mol. The van der Waals surface area contributed by atoms with Gasteiger partial charge in [0.15, 0.2) is 0 Å². The second kappa shape index (κ2) is 8.05. The van der Waals surface area contributed by atoms with Gasteiger partial charge in [-0.3, -0.25) is 4.79 Å². The highest BCUT2D eigenvalue weighted by molar-refractivity contribution is 6.01. The molecule has 4 aliphatic heterocycles. The molecule has 6 rings (SSSR count). The molecule has 7 nitrogen and oxygen atoms in total. The van der Waals surface area contributed by atoms with Crippen molar-refractivity contribution in [3.05, 3.63) is 42.1 Å². The topological polar surface area (TPSA) is 66.9 Å². The molecular formula is C25H30N4O3. The van der Waals surface area contributed by atoms with Gasteiger partial charge in [0.25, 0.3) is 5.91 Å². The quantitative estimate of drug-likeness (QED) is 0.774. The number of pyridine rings is 1. The predicted octanol–water partition coefficient (Wildman–Crippen LogP) is 3.86. The maximum absolute atomic E-state index is 13.6. The van der Waals surface area contributed by atoms with Gasteiger partial charge in [0.2, 0.25) is 0 Å². The molecule has 1 unspecified atom stereocenters. The smallest absolute Gasteiger partial charge is 0.256 e. The second-order valence-electron chi connectivity index (χ2n) is 9.63. The van der Waals surface area contributed by atoms with Crippen LogP contribution in [0.4, 0.5) is 22.9 Å². The van der Waals surface area contributed by atoms with Crippen LogP contribution < -0.4 is 15.1 Å². The van der Waals surface area contributed by atoms with Gasteiger partial charge >= 0.3 is 0 Å². The first-order valence-corrected chi connectivity index (χ1v) is 11.8. The zero-order chi connectivity index (χ0) is 21.5. The third-order valence-corrected chi connectivity index (χ3v) is 7.29. The number of nitrogens with one attached hydrogen (secondary N) is 1. The molecule has 1 amide bonds. The number of anilines is 4. The monoisotopic (exact) mass is 434 g/mol. The van der Waals surface area contributed by atoms with E-state index in [9.17, 15) is 4.79 Å². The lowest BCUT2D eigenvalue weighted by Crippen LogP contribution is -2.60. The number of hydrogen-bond acceptors (Lipinski definition) is 6. The summed E-state index contributed by atoms with van der Waals surface area (Å²) in [7, 11) is 0. The fraction of sp³-hybridized carbons (Fsp3) is 0.520. The van der Waals surface area contributed by atoms with Gasteiger partial charge < -0.3 is 24.6 Å². The van der Waals surface area contributed by atoms with Gasteiger partial charge in [0.05, 0.1) is 24.5 Å². The van der Waals surface area contributed by atoms with E-state index in [1.165, 1.54) is 6.42 Å². The normalized spacial score (nSPS) is 24.1. The lowest BCUT2D eigenvalue weighted by atomic mass is 9.75. The molecule has 168 valence electrons. The van der Waals surface area contributed by atoms with Crippen molar-refractivity contribution in [1.29, 1.82) is 0 Å². The van der Waals surface area contributed by atoms with E-state index in [4.69, 9.17) is 9.47 Å². The van der Waals surface area contributed by atoms with E-state index in [1.54, 1.807) is 6.20 Å². The molecule has 3 fully saturated rings. The lowest BCUT2D eigenvalue weighted by molar-refractivity contribution is -0.132. The van der Waals surface area contributed by atoms with E-state index in [0.29, 0.717) is 18.6 Å². The van der Waals surface area contributed by atoms with E-state index in [0.717, 1.165) is 80.4 Å². The van der Waals surface area contributed by atoms with Crippen LogP contribution in [0.3, 0.4) is 0 Å². The molecule has 7 heteroatoms. The van der Waals surface area contributed by atoms with Gasteiger partial charge in [-0.05, 0) is 56.4 Å². The Kier molecular flexibility index (Phi) is 5.03. The van der Waals surface area contributed by atoms with E-state index >= 15 is 0 Å². The number of hydrogen-bond donors (Lipinski definition) is 1. The molecule has 1 aromatic carbocycles. The van der Waals surface area contributed by atoms with Crippen molar-refractivity contribution < 1.29 is 14.3 Å². The second-order valence-corrected chi connectivity index (χ2v) is 9.63. The largest absolute Gasteiger partial charge is 0.381 e. The zero-order valence-corrected chi connectivity index (χ0v) is 18.4. The third-order valence-electron chi connectivity index (χ3n) is 7.29. The van der Waals surface area contributed by atoms with Crippen LogP contribution in [0.2, 0.25) is 0 Å². The lowest BCUT2D eigenvalue weighted by Gasteiger charge is -2.53. The number of carbonyl (C=O) groups excluding carboxylic acids is 1. The molecule has 0 aliphatic carbocycles. The fourth-order valence-corrected chi connectivity index (χ4v) is 5.52. The molecule has 4 aliphatic rings. The molecule has 1 N–H and O–H groups in total. The van der Waals surface area contributed by atoms with Crippen molar-refractivity contribution >= 4 is 28.8 Å². The maximum Gasteiger partial charge on any atom is 0.256 e. The molecule has 2 aromatic rings. The van der Waals surface area contributed by atoms with Gasteiger partial charge in [-0.2, -0.15) is 0 Å². The summed E-state index contributed by atoms with van der Waals surface area (Å²) in [4.78, 5) is 22.4. The molecule has 3 saturated heterocycles. The van der Waals surface area contributed by atoms with E-state index < -0.39 is 0 Å². The minimum Gasteiger partial charge on any atom is -0.381 e. The van der Waals surface area contributed by atoms with Crippen molar-refractivity contribution in [3.63, 3.8) is 0 Å². The van der Waals surface area contributed by atoms with Crippen LogP contribution in [0, 0.1) is 5.41 Å². The van der Waals surface area contributed by atoms with Crippen molar-refractivity contribution in [2.75, 3.05) is 48.0 Å². The Balaban J connectivity index is 1.32. The Bertz CT molecular complexity index is 1010. The molecule has 1 atom stereocenters. The standard InChI is InChI=1S/C25H30N4O3/c30-24(22-6-1-2-12-32-22)29-14-18-5-3-10-26-23(18)27-20-8-7-19(13-21(20)29)28-15-25(16-28)9-4-11-31-17-25/h3,5,7-8,10,13,22H,1-2,4,6,9,11-12,14-17H2,(H,26,27). The summed E-state index contributed by atoms with van der Waals surface area (Å²) in [6.07, 6.45) is 6.65. The fourth-order valence-electron chi connectivity index (χ4n) is 5.52. The van der Waals surface area contributed by atoms with Gasteiger partial charge in [0.1, 0.15) is 11.9 Å². The third kappa shape index (κ3) is 3.53. The van der Waals surface area contributed by atoms with Crippen molar-refractivity contribution in [1.82, 2.24) is 4.98 Å². The molecule has 0 bridgehead atoms. The first kappa shape index (κ1) is 20.0. The van der Waals surface area contributed by atoms with Crippen LogP contribution >= 0.6 is 0 Å². The summed E-state index contributed by atoms with van der Waals surface area (Å²) < 4.78 is 11.6. The number of aromatic nitrogens is 1. The highest BCUT2D eigenvalue weighted by Crippen LogP contribution is 2.44. The van der Waals surface area contributed by atoms with Crippen LogP contribution in [-0.2, 0) is 20.8 Å². The average molecular weight is 435 g/mol. The molecule has 32 heavy (non-hydrogen) atoms. The van der Waals surface area contributed by atoms with Crippen LogP contribution in [0.15, 0.2) is 36.5 Å². The summed E-state index contributed by atoms with van der Waals surface area (Å²) in [5, 5.41) is 3.47. The van der Waals surface area contributed by atoms with Crippen molar-refractivity contribution in [2.24, 2.45) is 5.41 Å². The summed E-state index contributed by atoms with van der Waals surface area (Å²) in [6, 6.07) is 10.3. The van der Waals surface area contributed by atoms with Crippen molar-refractivity contribution in [2.45, 2.75) is 44.8 Å². The molecule has 1 spiro atoms. The van der Waals surface area contributed by atoms with Gasteiger partial charge in [0, 0.05) is 49.2 Å². The highest BCUT2D eigenvalue weighted by Gasteiger charge is 2.44. The number of rotatable bonds is 2. The van der Waals surface area contributed by atoms with Crippen molar-refractivity contribution in [3.8, 4) is 0 Å². The average Bonchev–Trinajstić information content (AvgIpc) is 2.99. The number of benzene rings is 1. The first-order valence-electron chi connectivity index (χ1n) is 11.8. The van der Waals surface area contributed by atoms with Gasteiger partial charge in [-0.25, -0.2) is 4.98 Å². The molecule has 5 heterocycles. The number of nitrogens with zero attached hydrogens (tertiary/aromatic N) is 3. The van der Waals surface area contributed by atoms with Crippen LogP contribution in [0.1, 0.15) is 37.7 Å². The number of amides is 1. The Hall–Kier alpha value is -2.64. The number of fused-ring (bicyclic) bond motifs is 2. The van der Waals surface area contributed by atoms with Gasteiger partial charge in [-0.15, -0.1) is 0 Å². The van der Waals surface area contributed by atoms with E-state index in [2.05, 4.69) is 33.4 Å². The molecule has 1 aromatic heterocycles. The summed E-state index contributed by atoms with van der Waals surface area (Å²) in [5.74, 6) is 0.853. The van der Waals surface area contributed by atoms with Crippen LogP contribution in [0.5, 0.6) is 0 Å². The maximum atomic E-state index is 13.6. The van der Waals surface area contributed by atoms with Gasteiger partial charge in [-0.1, -0.05) is 6.07 Å². The Labute approximate surface area is 188 Å². The predicted molar refractivity (Wildman–Crippen MR) is 123 cm³/mol. The SMILES string of the molecule is O=C(C1CCCCO1)N1Cc2cccnc2Nc2ccc(N3CC4(CCCOC4)C3)cc21. The highest BCUT2D eigenvalue weighted by atomic mass is 16.5. The summed E-state index contributed by atoms with van der Waals surface area (Å²) in [5.41, 5.74) is 4.28.